The zero-order chi connectivity index (χ0) is 24.8. The Morgan fingerprint density at radius 2 is 2.06 bits per heavy atom. The van der Waals surface area contributed by atoms with Crippen molar-refractivity contribution in [1.82, 2.24) is 14.9 Å². The first-order chi connectivity index (χ1) is 16.9. The van der Waals surface area contributed by atoms with Crippen LogP contribution in [0.1, 0.15) is 12.8 Å². The highest BCUT2D eigenvalue weighted by atomic mass is 35.5. The maximum atomic E-state index is 13.6. The van der Waals surface area contributed by atoms with Crippen LogP contribution in [0.15, 0.2) is 48.8 Å². The van der Waals surface area contributed by atoms with E-state index < -0.39 is 5.82 Å². The lowest BCUT2D eigenvalue weighted by Gasteiger charge is -2.25. The van der Waals surface area contributed by atoms with Gasteiger partial charge in [0.2, 0.25) is 5.91 Å². The standard InChI is InChI=1S/C25H27ClFN5O3/c1-32(2)24(33)4-3-9-28-22-13-18-21(14-23(22)35-17-7-10-34-11-8-17)29-15-30-25(18)31-16-5-6-20(27)19(26)12-16/h3-6,12-15,17,28H,7-11H2,1-2H3,(H,29,30,31). The molecule has 0 unspecified atom stereocenters. The molecular formula is C25H27ClFN5O3. The smallest absolute Gasteiger partial charge is 0.245 e. The van der Waals surface area contributed by atoms with Gasteiger partial charge in [-0.2, -0.15) is 0 Å². The molecule has 1 amide bonds. The molecule has 0 aliphatic carbocycles. The summed E-state index contributed by atoms with van der Waals surface area (Å²) in [7, 11) is 3.40. The fourth-order valence-corrected chi connectivity index (χ4v) is 3.76. The van der Waals surface area contributed by atoms with Gasteiger partial charge in [-0.25, -0.2) is 14.4 Å². The van der Waals surface area contributed by atoms with Crippen LogP contribution in [-0.2, 0) is 9.53 Å². The molecule has 4 rings (SSSR count). The van der Waals surface area contributed by atoms with Crippen LogP contribution >= 0.6 is 11.6 Å². The first-order valence-corrected chi connectivity index (χ1v) is 11.7. The third-order valence-electron chi connectivity index (χ3n) is 5.49. The van der Waals surface area contributed by atoms with Crippen molar-refractivity contribution >= 4 is 45.6 Å². The van der Waals surface area contributed by atoms with Crippen molar-refractivity contribution in [3.63, 3.8) is 0 Å². The third kappa shape index (κ3) is 6.37. The Hall–Kier alpha value is -3.43. The average molecular weight is 500 g/mol. The summed E-state index contributed by atoms with van der Waals surface area (Å²) >= 11 is 5.93. The Labute approximate surface area is 208 Å². The maximum absolute atomic E-state index is 13.6. The number of nitrogens with one attached hydrogen (secondary N) is 2. The fraction of sp³-hybridized carbons (Fsp3) is 0.320. The van der Waals surface area contributed by atoms with Crippen molar-refractivity contribution in [1.29, 1.82) is 0 Å². The van der Waals surface area contributed by atoms with Gasteiger partial charge in [-0.05, 0) is 24.3 Å². The summed E-state index contributed by atoms with van der Waals surface area (Å²) in [6, 6.07) is 8.15. The van der Waals surface area contributed by atoms with Crippen LogP contribution in [-0.4, -0.2) is 60.7 Å². The van der Waals surface area contributed by atoms with Crippen LogP contribution in [0.3, 0.4) is 0 Å². The lowest BCUT2D eigenvalue weighted by Crippen LogP contribution is -2.26. The van der Waals surface area contributed by atoms with E-state index in [-0.39, 0.29) is 17.0 Å². The molecule has 184 valence electrons. The molecular weight excluding hydrogens is 473 g/mol. The minimum absolute atomic E-state index is 0.0157. The molecule has 10 heteroatoms. The molecule has 1 aliphatic heterocycles. The van der Waals surface area contributed by atoms with Crippen LogP contribution in [0.5, 0.6) is 5.75 Å². The summed E-state index contributed by atoms with van der Waals surface area (Å²) in [5.41, 5.74) is 2.01. The predicted octanol–water partition coefficient (Wildman–Crippen LogP) is 4.78. The highest BCUT2D eigenvalue weighted by Gasteiger charge is 2.19. The van der Waals surface area contributed by atoms with E-state index >= 15 is 0 Å². The molecule has 0 saturated carbocycles. The van der Waals surface area contributed by atoms with E-state index in [0.717, 1.165) is 23.9 Å². The van der Waals surface area contributed by atoms with Gasteiger partial charge < -0.3 is 25.0 Å². The van der Waals surface area contributed by atoms with E-state index in [1.54, 1.807) is 26.2 Å². The number of fused-ring (bicyclic) bond motifs is 1. The molecule has 8 nitrogen and oxygen atoms in total. The van der Waals surface area contributed by atoms with Crippen molar-refractivity contribution in [3.8, 4) is 5.75 Å². The fourth-order valence-electron chi connectivity index (χ4n) is 3.58. The van der Waals surface area contributed by atoms with Gasteiger partial charge in [0.25, 0.3) is 0 Å². The second-order valence-electron chi connectivity index (χ2n) is 8.29. The van der Waals surface area contributed by atoms with E-state index in [2.05, 4.69) is 20.6 Å². The quantitative estimate of drug-likeness (QED) is 0.431. The van der Waals surface area contributed by atoms with E-state index in [4.69, 9.17) is 21.1 Å². The molecule has 2 heterocycles. The average Bonchev–Trinajstić information content (AvgIpc) is 2.85. The van der Waals surface area contributed by atoms with Gasteiger partial charge in [0.05, 0.1) is 29.4 Å². The van der Waals surface area contributed by atoms with Crippen LogP contribution in [0.4, 0.5) is 21.6 Å². The van der Waals surface area contributed by atoms with Crippen LogP contribution in [0.2, 0.25) is 5.02 Å². The predicted molar refractivity (Wildman–Crippen MR) is 135 cm³/mol. The molecule has 2 N–H and O–H groups in total. The van der Waals surface area contributed by atoms with Crippen molar-refractivity contribution in [2.45, 2.75) is 18.9 Å². The number of aromatic nitrogens is 2. The van der Waals surface area contributed by atoms with Crippen LogP contribution < -0.4 is 15.4 Å². The molecule has 1 aromatic heterocycles. The molecule has 1 aliphatic rings. The number of benzene rings is 2. The van der Waals surface area contributed by atoms with Crippen molar-refractivity contribution in [3.05, 3.63) is 59.7 Å². The zero-order valence-electron chi connectivity index (χ0n) is 19.6. The van der Waals surface area contributed by atoms with Gasteiger partial charge in [-0.1, -0.05) is 17.7 Å². The Morgan fingerprint density at radius 1 is 1.26 bits per heavy atom. The summed E-state index contributed by atoms with van der Waals surface area (Å²) in [5.74, 6) is 0.608. The molecule has 0 atom stereocenters. The second kappa shape index (κ2) is 11.3. The lowest BCUT2D eigenvalue weighted by molar-refractivity contribution is -0.123. The minimum atomic E-state index is -0.494. The van der Waals surface area contributed by atoms with Crippen LogP contribution in [0, 0.1) is 5.82 Å². The minimum Gasteiger partial charge on any atom is -0.488 e. The topological polar surface area (TPSA) is 88.6 Å². The molecule has 0 bridgehead atoms. The lowest BCUT2D eigenvalue weighted by atomic mass is 10.1. The molecule has 2 aromatic carbocycles. The summed E-state index contributed by atoms with van der Waals surface area (Å²) < 4.78 is 25.3. The van der Waals surface area contributed by atoms with E-state index in [0.29, 0.717) is 42.5 Å². The van der Waals surface area contributed by atoms with Crippen LogP contribution in [0.25, 0.3) is 10.9 Å². The Balaban J connectivity index is 1.64. The van der Waals surface area contributed by atoms with Gasteiger partial charge in [0.1, 0.15) is 29.8 Å². The van der Waals surface area contributed by atoms with Crippen molar-refractivity contribution in [2.24, 2.45) is 0 Å². The van der Waals surface area contributed by atoms with Gasteiger partial charge >= 0.3 is 0 Å². The summed E-state index contributed by atoms with van der Waals surface area (Å²) in [6.07, 6.45) is 6.37. The van der Waals surface area contributed by atoms with Gasteiger partial charge in [-0.3, -0.25) is 4.79 Å². The third-order valence-corrected chi connectivity index (χ3v) is 5.78. The van der Waals surface area contributed by atoms with E-state index in [9.17, 15) is 9.18 Å². The summed E-state index contributed by atoms with van der Waals surface area (Å²) in [4.78, 5) is 22.1. The summed E-state index contributed by atoms with van der Waals surface area (Å²) in [5, 5.41) is 7.27. The molecule has 0 radical (unpaired) electrons. The molecule has 1 fully saturated rings. The van der Waals surface area contributed by atoms with E-state index in [1.165, 1.54) is 29.4 Å². The second-order valence-corrected chi connectivity index (χ2v) is 8.69. The van der Waals surface area contributed by atoms with Crippen molar-refractivity contribution < 1.29 is 18.7 Å². The number of likely N-dealkylation sites (N-methyl/N-ethyl adjacent to an activating group) is 1. The number of amides is 1. The first-order valence-electron chi connectivity index (χ1n) is 11.3. The van der Waals surface area contributed by atoms with Gasteiger partial charge in [0.15, 0.2) is 0 Å². The number of ether oxygens (including phenoxy) is 2. The zero-order valence-corrected chi connectivity index (χ0v) is 20.3. The maximum Gasteiger partial charge on any atom is 0.245 e. The highest BCUT2D eigenvalue weighted by Crippen LogP contribution is 2.35. The monoisotopic (exact) mass is 499 g/mol. The number of hydrogen-bond donors (Lipinski definition) is 2. The Morgan fingerprint density at radius 3 is 2.80 bits per heavy atom. The number of carbonyl (C=O) groups is 1. The van der Waals surface area contributed by atoms with E-state index in [1.807, 2.05) is 12.1 Å². The molecule has 3 aromatic rings. The molecule has 35 heavy (non-hydrogen) atoms. The molecule has 1 saturated heterocycles. The van der Waals surface area contributed by atoms with Gasteiger partial charge in [-0.15, -0.1) is 0 Å². The number of nitrogens with zero attached hydrogens (tertiary/aromatic N) is 3. The Kier molecular flexibility index (Phi) is 7.99. The number of hydrogen-bond acceptors (Lipinski definition) is 7. The molecule has 0 spiro atoms. The Bertz CT molecular complexity index is 1230. The first kappa shape index (κ1) is 24.7. The van der Waals surface area contributed by atoms with Gasteiger partial charge in [0, 0.05) is 56.7 Å². The number of anilines is 3. The number of rotatable bonds is 8. The SMILES string of the molecule is CN(C)C(=O)C=CCNc1cc2c(Nc3ccc(F)c(Cl)c3)ncnc2cc1OC1CCOCC1. The number of carbonyl (C=O) groups excluding carboxylic acids is 1. The normalized spacial score (nSPS) is 14.3. The highest BCUT2D eigenvalue weighted by molar-refractivity contribution is 6.31. The number of halogens is 2. The summed E-state index contributed by atoms with van der Waals surface area (Å²) in [6.45, 7) is 1.74. The van der Waals surface area contributed by atoms with Crippen molar-refractivity contribution in [2.75, 3.05) is 44.5 Å². The largest absolute Gasteiger partial charge is 0.488 e.